The van der Waals surface area contributed by atoms with E-state index in [1.54, 1.807) is 0 Å². The van der Waals surface area contributed by atoms with E-state index in [4.69, 9.17) is 4.74 Å². The van der Waals surface area contributed by atoms with Crippen LogP contribution in [-0.2, 0) is 6.42 Å². The molecule has 0 amide bonds. The Kier molecular flexibility index (Phi) is 3.32. The van der Waals surface area contributed by atoms with E-state index in [1.165, 1.54) is 37.8 Å². The van der Waals surface area contributed by atoms with Gasteiger partial charge in [-0.15, -0.1) is 0 Å². The highest BCUT2D eigenvalue weighted by Gasteiger charge is 2.21. The van der Waals surface area contributed by atoms with Crippen molar-refractivity contribution in [2.24, 2.45) is 5.92 Å². The zero-order valence-corrected chi connectivity index (χ0v) is 10.3. The van der Waals surface area contributed by atoms with Crippen molar-refractivity contribution < 1.29 is 4.74 Å². The van der Waals surface area contributed by atoms with E-state index in [0.29, 0.717) is 6.04 Å². The summed E-state index contributed by atoms with van der Waals surface area (Å²) in [6.45, 7) is 2.09. The summed E-state index contributed by atoms with van der Waals surface area (Å²) >= 11 is 0. The van der Waals surface area contributed by atoms with Crippen LogP contribution in [-0.4, -0.2) is 19.2 Å². The van der Waals surface area contributed by atoms with Gasteiger partial charge < -0.3 is 10.1 Å². The van der Waals surface area contributed by atoms with Gasteiger partial charge in [-0.1, -0.05) is 12.1 Å². The largest absolute Gasteiger partial charge is 0.493 e. The van der Waals surface area contributed by atoms with E-state index < -0.39 is 0 Å². The van der Waals surface area contributed by atoms with Crippen LogP contribution >= 0.6 is 0 Å². The van der Waals surface area contributed by atoms with Gasteiger partial charge in [-0.05, 0) is 62.3 Å². The minimum Gasteiger partial charge on any atom is -0.493 e. The van der Waals surface area contributed by atoms with E-state index in [1.807, 2.05) is 0 Å². The molecule has 2 aliphatic rings. The van der Waals surface area contributed by atoms with Crippen LogP contribution in [0.15, 0.2) is 24.3 Å². The van der Waals surface area contributed by atoms with Gasteiger partial charge in [0.2, 0.25) is 0 Å². The number of hydrogen-bond acceptors (Lipinski definition) is 2. The lowest BCUT2D eigenvalue weighted by molar-refractivity contribution is 0.299. The molecule has 1 unspecified atom stereocenters. The Morgan fingerprint density at radius 2 is 1.94 bits per heavy atom. The van der Waals surface area contributed by atoms with Crippen LogP contribution in [0.2, 0.25) is 0 Å². The number of rotatable bonds is 5. The van der Waals surface area contributed by atoms with Crippen molar-refractivity contribution in [1.82, 2.24) is 5.32 Å². The van der Waals surface area contributed by atoms with Crippen LogP contribution in [0.4, 0.5) is 0 Å². The molecular formula is C15H21NO. The number of nitrogens with one attached hydrogen (secondary N) is 1. The highest BCUT2D eigenvalue weighted by atomic mass is 16.5. The molecule has 1 N–H and O–H groups in total. The molecule has 1 aromatic rings. The molecule has 3 rings (SSSR count). The van der Waals surface area contributed by atoms with E-state index in [-0.39, 0.29) is 0 Å². The molecule has 92 valence electrons. The highest BCUT2D eigenvalue weighted by molar-refractivity contribution is 5.28. The molecule has 1 aliphatic carbocycles. The summed E-state index contributed by atoms with van der Waals surface area (Å²) in [6, 6.07) is 9.34. The smallest absolute Gasteiger partial charge is 0.119 e. The van der Waals surface area contributed by atoms with E-state index in [9.17, 15) is 0 Å². The highest BCUT2D eigenvalue weighted by Crippen LogP contribution is 2.29. The number of ether oxygens (including phenoxy) is 1. The normalized spacial score (nSPS) is 23.9. The van der Waals surface area contributed by atoms with E-state index in [2.05, 4.69) is 29.6 Å². The molecule has 2 fully saturated rings. The molecule has 1 saturated heterocycles. The first-order chi connectivity index (χ1) is 8.40. The molecule has 1 saturated carbocycles. The summed E-state index contributed by atoms with van der Waals surface area (Å²) < 4.78 is 5.74. The van der Waals surface area contributed by atoms with Gasteiger partial charge in [-0.2, -0.15) is 0 Å². The Morgan fingerprint density at radius 3 is 2.59 bits per heavy atom. The minimum absolute atomic E-state index is 0.688. The first kappa shape index (κ1) is 11.1. The van der Waals surface area contributed by atoms with Crippen LogP contribution in [0.1, 0.15) is 31.2 Å². The van der Waals surface area contributed by atoms with Gasteiger partial charge in [0.15, 0.2) is 0 Å². The second kappa shape index (κ2) is 5.09. The van der Waals surface area contributed by atoms with Gasteiger partial charge in [0.1, 0.15) is 5.75 Å². The third kappa shape index (κ3) is 3.22. The van der Waals surface area contributed by atoms with Crippen molar-refractivity contribution in [2.75, 3.05) is 13.2 Å². The predicted molar refractivity (Wildman–Crippen MR) is 69.4 cm³/mol. The van der Waals surface area contributed by atoms with Crippen LogP contribution in [0.25, 0.3) is 0 Å². The van der Waals surface area contributed by atoms with Gasteiger partial charge >= 0.3 is 0 Å². The zero-order valence-electron chi connectivity index (χ0n) is 10.3. The summed E-state index contributed by atoms with van der Waals surface area (Å²) in [5, 5.41) is 3.54. The van der Waals surface area contributed by atoms with Crippen molar-refractivity contribution in [1.29, 1.82) is 0 Å². The van der Waals surface area contributed by atoms with Crippen LogP contribution in [0.5, 0.6) is 5.75 Å². The maximum absolute atomic E-state index is 5.74. The van der Waals surface area contributed by atoms with E-state index >= 15 is 0 Å². The quantitative estimate of drug-likeness (QED) is 0.841. The van der Waals surface area contributed by atoms with E-state index in [0.717, 1.165) is 24.7 Å². The molecule has 0 aromatic heterocycles. The van der Waals surface area contributed by atoms with Crippen LogP contribution in [0, 0.1) is 5.92 Å². The average molecular weight is 231 g/mol. The average Bonchev–Trinajstić information content (AvgIpc) is 3.05. The Bertz CT molecular complexity index is 350. The zero-order chi connectivity index (χ0) is 11.5. The fourth-order valence-electron chi connectivity index (χ4n) is 2.44. The monoisotopic (exact) mass is 231 g/mol. The van der Waals surface area contributed by atoms with Crippen LogP contribution in [0.3, 0.4) is 0 Å². The summed E-state index contributed by atoms with van der Waals surface area (Å²) in [5.41, 5.74) is 1.42. The molecule has 1 atom stereocenters. The van der Waals surface area contributed by atoms with Crippen molar-refractivity contribution in [2.45, 2.75) is 38.1 Å². The lowest BCUT2D eigenvalue weighted by atomic mass is 10.0. The van der Waals surface area contributed by atoms with Gasteiger partial charge in [0, 0.05) is 6.04 Å². The fraction of sp³-hybridized carbons (Fsp3) is 0.600. The maximum Gasteiger partial charge on any atom is 0.119 e. The van der Waals surface area contributed by atoms with Gasteiger partial charge in [-0.3, -0.25) is 0 Å². The Balaban J connectivity index is 1.51. The van der Waals surface area contributed by atoms with Gasteiger partial charge in [0.05, 0.1) is 6.61 Å². The summed E-state index contributed by atoms with van der Waals surface area (Å²) in [6.07, 6.45) is 6.51. The fourth-order valence-corrected chi connectivity index (χ4v) is 2.44. The minimum atomic E-state index is 0.688. The molecule has 1 aromatic carbocycles. The van der Waals surface area contributed by atoms with Crippen molar-refractivity contribution >= 4 is 0 Å². The Hall–Kier alpha value is -1.02. The van der Waals surface area contributed by atoms with Gasteiger partial charge in [0.25, 0.3) is 0 Å². The predicted octanol–water partition coefficient (Wildman–Crippen LogP) is 2.77. The molecule has 1 aliphatic heterocycles. The number of benzene rings is 1. The first-order valence-corrected chi connectivity index (χ1v) is 6.85. The molecule has 0 spiro atoms. The molecular weight excluding hydrogens is 210 g/mol. The SMILES string of the molecule is c1cc(OCC2CC2)ccc1CC1CCCN1. The molecule has 1 heterocycles. The Labute approximate surface area is 103 Å². The summed E-state index contributed by atoms with van der Waals surface area (Å²) in [5.74, 6) is 1.86. The third-order valence-electron chi connectivity index (χ3n) is 3.75. The van der Waals surface area contributed by atoms with Crippen molar-refractivity contribution in [3.63, 3.8) is 0 Å². The Morgan fingerprint density at radius 1 is 1.12 bits per heavy atom. The number of hydrogen-bond donors (Lipinski definition) is 1. The summed E-state index contributed by atoms with van der Waals surface area (Å²) in [7, 11) is 0. The lowest BCUT2D eigenvalue weighted by Crippen LogP contribution is -2.23. The first-order valence-electron chi connectivity index (χ1n) is 6.85. The molecule has 2 heteroatoms. The topological polar surface area (TPSA) is 21.3 Å². The summed E-state index contributed by atoms with van der Waals surface area (Å²) in [4.78, 5) is 0. The van der Waals surface area contributed by atoms with Gasteiger partial charge in [-0.25, -0.2) is 0 Å². The van der Waals surface area contributed by atoms with Crippen molar-refractivity contribution in [3.05, 3.63) is 29.8 Å². The second-order valence-electron chi connectivity index (χ2n) is 5.40. The molecule has 2 nitrogen and oxygen atoms in total. The molecule has 0 radical (unpaired) electrons. The molecule has 0 bridgehead atoms. The van der Waals surface area contributed by atoms with Crippen LogP contribution < -0.4 is 10.1 Å². The second-order valence-corrected chi connectivity index (χ2v) is 5.40. The van der Waals surface area contributed by atoms with Crippen molar-refractivity contribution in [3.8, 4) is 5.75 Å². The third-order valence-corrected chi connectivity index (χ3v) is 3.75. The standard InChI is InChI=1S/C15H21NO/c1-2-14(16-9-1)10-12-5-7-15(8-6-12)17-11-13-3-4-13/h5-8,13-14,16H,1-4,9-11H2. The maximum atomic E-state index is 5.74. The lowest BCUT2D eigenvalue weighted by Gasteiger charge is -2.11. The molecule has 17 heavy (non-hydrogen) atoms.